The van der Waals surface area contributed by atoms with Crippen molar-refractivity contribution in [2.75, 3.05) is 0 Å². The molecule has 1 rings (SSSR count). The van der Waals surface area contributed by atoms with Crippen molar-refractivity contribution >= 4 is 0 Å². The van der Waals surface area contributed by atoms with E-state index in [1.807, 2.05) is 0 Å². The summed E-state index contributed by atoms with van der Waals surface area (Å²) < 4.78 is 0. The summed E-state index contributed by atoms with van der Waals surface area (Å²) in [5, 5.41) is 10.1. The highest BCUT2D eigenvalue weighted by Crippen LogP contribution is 2.34. The Hall–Kier alpha value is -0.300. The number of aliphatic hydroxyl groups is 1. The maximum Gasteiger partial charge on any atom is 0.0744 e. The third kappa shape index (κ3) is 1.64. The van der Waals surface area contributed by atoms with E-state index in [9.17, 15) is 5.11 Å². The Kier molecular flexibility index (Phi) is 2.72. The van der Waals surface area contributed by atoms with Crippen LogP contribution in [-0.2, 0) is 0 Å². The Morgan fingerprint density at radius 2 is 1.73 bits per heavy atom. The van der Waals surface area contributed by atoms with Gasteiger partial charge in [-0.3, -0.25) is 0 Å². The molecule has 1 nitrogen and oxygen atoms in total. The molecule has 1 N–H and O–H groups in total. The standard InChI is InChI=1S/C10H18O/c1-3-9(4-2)10(11)7-5-6-8-10/h5-6,9,11H,3-4,7-8H2,1-2H3. The molecule has 0 unspecified atom stereocenters. The first-order valence-corrected chi connectivity index (χ1v) is 4.60. The maximum atomic E-state index is 10.1. The minimum Gasteiger partial charge on any atom is -0.389 e. The van der Waals surface area contributed by atoms with Gasteiger partial charge in [0, 0.05) is 0 Å². The van der Waals surface area contributed by atoms with Gasteiger partial charge in [-0.25, -0.2) is 0 Å². The van der Waals surface area contributed by atoms with Crippen molar-refractivity contribution in [1.29, 1.82) is 0 Å². The molecular weight excluding hydrogens is 136 g/mol. The number of hydrogen-bond acceptors (Lipinski definition) is 1. The zero-order chi connectivity index (χ0) is 8.32. The maximum absolute atomic E-state index is 10.1. The van der Waals surface area contributed by atoms with Gasteiger partial charge >= 0.3 is 0 Å². The average molecular weight is 154 g/mol. The van der Waals surface area contributed by atoms with Gasteiger partial charge in [0.2, 0.25) is 0 Å². The van der Waals surface area contributed by atoms with Gasteiger partial charge in [0.1, 0.15) is 0 Å². The highest BCUT2D eigenvalue weighted by molar-refractivity contribution is 5.05. The monoisotopic (exact) mass is 154 g/mol. The topological polar surface area (TPSA) is 20.2 Å². The molecule has 0 atom stereocenters. The van der Waals surface area contributed by atoms with Crippen molar-refractivity contribution in [1.82, 2.24) is 0 Å². The van der Waals surface area contributed by atoms with Crippen molar-refractivity contribution in [2.45, 2.75) is 45.1 Å². The van der Waals surface area contributed by atoms with Crippen molar-refractivity contribution < 1.29 is 5.11 Å². The van der Waals surface area contributed by atoms with E-state index in [0.717, 1.165) is 25.7 Å². The molecule has 0 aromatic carbocycles. The highest BCUT2D eigenvalue weighted by atomic mass is 16.3. The highest BCUT2D eigenvalue weighted by Gasteiger charge is 2.34. The van der Waals surface area contributed by atoms with Crippen LogP contribution in [0.4, 0.5) is 0 Å². The molecular formula is C10H18O. The SMILES string of the molecule is CCC(CC)C1(O)CC=CC1. The minimum absolute atomic E-state index is 0.399. The fraction of sp³-hybridized carbons (Fsp3) is 0.800. The molecule has 0 amide bonds. The third-order valence-electron chi connectivity index (χ3n) is 2.85. The second-order valence-electron chi connectivity index (χ2n) is 3.50. The second-order valence-corrected chi connectivity index (χ2v) is 3.50. The van der Waals surface area contributed by atoms with Crippen LogP contribution in [0.1, 0.15) is 39.5 Å². The van der Waals surface area contributed by atoms with E-state index < -0.39 is 5.60 Å². The van der Waals surface area contributed by atoms with Gasteiger partial charge < -0.3 is 5.11 Å². The van der Waals surface area contributed by atoms with Gasteiger partial charge in [0.15, 0.2) is 0 Å². The summed E-state index contributed by atoms with van der Waals surface area (Å²) in [6.07, 6.45) is 8.10. The summed E-state index contributed by atoms with van der Waals surface area (Å²) in [7, 11) is 0. The Balaban J connectivity index is 2.55. The largest absolute Gasteiger partial charge is 0.389 e. The van der Waals surface area contributed by atoms with Gasteiger partial charge in [0.25, 0.3) is 0 Å². The molecule has 0 saturated heterocycles. The molecule has 1 heteroatoms. The molecule has 64 valence electrons. The molecule has 0 fully saturated rings. The van der Waals surface area contributed by atoms with Crippen LogP contribution in [0, 0.1) is 5.92 Å². The molecule has 11 heavy (non-hydrogen) atoms. The number of hydrogen-bond donors (Lipinski definition) is 1. The molecule has 0 spiro atoms. The van der Waals surface area contributed by atoms with Crippen molar-refractivity contribution in [3.8, 4) is 0 Å². The first-order chi connectivity index (χ1) is 5.23. The predicted molar refractivity (Wildman–Crippen MR) is 47.4 cm³/mol. The lowest BCUT2D eigenvalue weighted by atomic mass is 9.82. The van der Waals surface area contributed by atoms with Crippen LogP contribution in [0.25, 0.3) is 0 Å². The quantitative estimate of drug-likeness (QED) is 0.619. The zero-order valence-electron chi connectivity index (χ0n) is 7.51. The van der Waals surface area contributed by atoms with Crippen LogP contribution in [0.2, 0.25) is 0 Å². The molecule has 0 saturated carbocycles. The van der Waals surface area contributed by atoms with E-state index in [1.54, 1.807) is 0 Å². The fourth-order valence-corrected chi connectivity index (χ4v) is 2.04. The van der Waals surface area contributed by atoms with Gasteiger partial charge in [-0.1, -0.05) is 38.8 Å². The normalized spacial score (nSPS) is 21.5. The summed E-state index contributed by atoms with van der Waals surface area (Å²) in [5.41, 5.74) is -0.399. The lowest BCUT2D eigenvalue weighted by Crippen LogP contribution is -2.34. The number of rotatable bonds is 3. The van der Waals surface area contributed by atoms with Crippen LogP contribution in [-0.4, -0.2) is 10.7 Å². The molecule has 0 bridgehead atoms. The first-order valence-electron chi connectivity index (χ1n) is 4.60. The molecule has 1 aliphatic carbocycles. The Morgan fingerprint density at radius 3 is 2.09 bits per heavy atom. The average Bonchev–Trinajstić information content (AvgIpc) is 2.39. The molecule has 0 aliphatic heterocycles. The molecule has 0 radical (unpaired) electrons. The summed E-state index contributed by atoms with van der Waals surface area (Å²) in [5.74, 6) is 0.484. The van der Waals surface area contributed by atoms with E-state index in [-0.39, 0.29) is 0 Å². The Labute approximate surface area is 69.1 Å². The molecule has 1 aliphatic rings. The van der Waals surface area contributed by atoms with Crippen molar-refractivity contribution in [3.63, 3.8) is 0 Å². The minimum atomic E-state index is -0.399. The van der Waals surface area contributed by atoms with E-state index in [2.05, 4.69) is 26.0 Å². The summed E-state index contributed by atoms with van der Waals surface area (Å²) in [4.78, 5) is 0. The van der Waals surface area contributed by atoms with Gasteiger partial charge in [-0.05, 0) is 18.8 Å². The Morgan fingerprint density at radius 1 is 1.27 bits per heavy atom. The van der Waals surface area contributed by atoms with Crippen LogP contribution < -0.4 is 0 Å². The van der Waals surface area contributed by atoms with Crippen LogP contribution in [0.3, 0.4) is 0 Å². The first kappa shape index (κ1) is 8.79. The molecule has 0 aromatic heterocycles. The lowest BCUT2D eigenvalue weighted by Gasteiger charge is -2.31. The van der Waals surface area contributed by atoms with Crippen LogP contribution >= 0.6 is 0 Å². The van der Waals surface area contributed by atoms with Gasteiger partial charge in [-0.15, -0.1) is 0 Å². The van der Waals surface area contributed by atoms with E-state index in [4.69, 9.17) is 0 Å². The summed E-state index contributed by atoms with van der Waals surface area (Å²) >= 11 is 0. The van der Waals surface area contributed by atoms with Crippen molar-refractivity contribution in [3.05, 3.63) is 12.2 Å². The predicted octanol–water partition coefficient (Wildman–Crippen LogP) is 2.50. The van der Waals surface area contributed by atoms with E-state index in [1.165, 1.54) is 0 Å². The molecule has 0 heterocycles. The van der Waals surface area contributed by atoms with Crippen LogP contribution in [0.5, 0.6) is 0 Å². The van der Waals surface area contributed by atoms with Crippen molar-refractivity contribution in [2.24, 2.45) is 5.92 Å². The zero-order valence-corrected chi connectivity index (χ0v) is 7.51. The smallest absolute Gasteiger partial charge is 0.0744 e. The van der Waals surface area contributed by atoms with E-state index in [0.29, 0.717) is 5.92 Å². The van der Waals surface area contributed by atoms with E-state index >= 15 is 0 Å². The Bertz CT molecular complexity index is 137. The fourth-order valence-electron chi connectivity index (χ4n) is 2.04. The van der Waals surface area contributed by atoms with Gasteiger partial charge in [-0.2, -0.15) is 0 Å². The summed E-state index contributed by atoms with van der Waals surface area (Å²) in [6.45, 7) is 4.31. The van der Waals surface area contributed by atoms with Crippen LogP contribution in [0.15, 0.2) is 12.2 Å². The summed E-state index contributed by atoms with van der Waals surface area (Å²) in [6, 6.07) is 0. The molecule has 0 aromatic rings. The lowest BCUT2D eigenvalue weighted by molar-refractivity contribution is -0.0101. The second kappa shape index (κ2) is 3.40. The third-order valence-corrected chi connectivity index (χ3v) is 2.85. The van der Waals surface area contributed by atoms with Gasteiger partial charge in [0.05, 0.1) is 5.60 Å².